The molecule has 4 rings (SSSR count). The number of rotatable bonds is 2. The van der Waals surface area contributed by atoms with Gasteiger partial charge in [-0.05, 0) is 49.7 Å². The fraction of sp³-hybridized carbons (Fsp3) is 0.136. The summed E-state index contributed by atoms with van der Waals surface area (Å²) in [4.78, 5) is 12.9. The lowest BCUT2D eigenvalue weighted by molar-refractivity contribution is 0.103. The third-order valence-corrected chi connectivity index (χ3v) is 4.81. The third kappa shape index (κ3) is 2.15. The molecule has 0 radical (unpaired) electrons. The van der Waals surface area contributed by atoms with Crippen LogP contribution in [0.1, 0.15) is 27.0 Å². The van der Waals surface area contributed by atoms with Crippen LogP contribution in [0.2, 0.25) is 0 Å². The molecule has 0 fully saturated rings. The molecule has 1 aromatic heterocycles. The molecule has 2 heteroatoms. The van der Waals surface area contributed by atoms with Crippen molar-refractivity contribution < 1.29 is 4.79 Å². The number of nitrogens with zero attached hydrogens (tertiary/aromatic N) is 1. The molecule has 0 unspecified atom stereocenters. The van der Waals surface area contributed by atoms with E-state index in [0.29, 0.717) is 0 Å². The minimum Gasteiger partial charge on any atom is -0.344 e. The number of aryl methyl sites for hydroxylation is 3. The topological polar surface area (TPSA) is 22.0 Å². The Hall–Kier alpha value is -2.87. The van der Waals surface area contributed by atoms with Crippen molar-refractivity contribution in [3.05, 3.63) is 82.9 Å². The highest BCUT2D eigenvalue weighted by atomic mass is 16.1. The molecule has 0 atom stereocenters. The van der Waals surface area contributed by atoms with Crippen molar-refractivity contribution in [3.63, 3.8) is 0 Å². The maximum absolute atomic E-state index is 12.9. The number of carbonyl (C=O) groups is 1. The number of fused-ring (bicyclic) bond motifs is 3. The fourth-order valence-electron chi connectivity index (χ4n) is 3.46. The van der Waals surface area contributed by atoms with Gasteiger partial charge in [0.2, 0.25) is 0 Å². The smallest absolute Gasteiger partial charge is 0.193 e. The van der Waals surface area contributed by atoms with E-state index < -0.39 is 0 Å². The minimum atomic E-state index is 0.0830. The van der Waals surface area contributed by atoms with Crippen molar-refractivity contribution in [3.8, 4) is 0 Å². The van der Waals surface area contributed by atoms with Gasteiger partial charge in [-0.15, -0.1) is 0 Å². The van der Waals surface area contributed by atoms with Gasteiger partial charge in [0, 0.05) is 40.0 Å². The zero-order chi connectivity index (χ0) is 16.8. The summed E-state index contributed by atoms with van der Waals surface area (Å²) in [5.41, 5.74) is 6.09. The first-order valence-corrected chi connectivity index (χ1v) is 8.15. The Morgan fingerprint density at radius 2 is 1.50 bits per heavy atom. The van der Waals surface area contributed by atoms with Gasteiger partial charge in [-0.2, -0.15) is 0 Å². The first-order chi connectivity index (χ1) is 11.6. The van der Waals surface area contributed by atoms with E-state index in [1.54, 1.807) is 0 Å². The van der Waals surface area contributed by atoms with E-state index in [2.05, 4.69) is 42.8 Å². The molecular formula is C22H19NO. The van der Waals surface area contributed by atoms with Crippen molar-refractivity contribution in [2.24, 2.45) is 7.05 Å². The Morgan fingerprint density at radius 3 is 2.25 bits per heavy atom. The molecule has 0 aliphatic rings. The van der Waals surface area contributed by atoms with Crippen LogP contribution >= 0.6 is 0 Å². The first kappa shape index (κ1) is 14.7. The highest BCUT2D eigenvalue weighted by Crippen LogP contribution is 2.30. The summed E-state index contributed by atoms with van der Waals surface area (Å²) in [6.45, 7) is 4.08. The average Bonchev–Trinajstić information content (AvgIpc) is 2.86. The summed E-state index contributed by atoms with van der Waals surface area (Å²) in [6.07, 6.45) is 0. The van der Waals surface area contributed by atoms with Crippen LogP contribution in [-0.2, 0) is 7.05 Å². The minimum absolute atomic E-state index is 0.0830. The van der Waals surface area contributed by atoms with E-state index in [1.807, 2.05) is 43.3 Å². The molecule has 0 aliphatic carbocycles. The van der Waals surface area contributed by atoms with Crippen LogP contribution in [-0.4, -0.2) is 10.4 Å². The number of ketones is 1. The third-order valence-electron chi connectivity index (χ3n) is 4.81. The van der Waals surface area contributed by atoms with Gasteiger partial charge in [-0.25, -0.2) is 0 Å². The summed E-state index contributed by atoms with van der Waals surface area (Å²) < 4.78 is 2.19. The van der Waals surface area contributed by atoms with Crippen LogP contribution in [0.25, 0.3) is 21.8 Å². The van der Waals surface area contributed by atoms with Crippen molar-refractivity contribution >= 4 is 27.6 Å². The molecule has 2 nitrogen and oxygen atoms in total. The van der Waals surface area contributed by atoms with Gasteiger partial charge < -0.3 is 4.57 Å². The maximum Gasteiger partial charge on any atom is 0.193 e. The van der Waals surface area contributed by atoms with Crippen LogP contribution in [0.3, 0.4) is 0 Å². The summed E-state index contributed by atoms with van der Waals surface area (Å²) in [6, 6.07) is 20.2. The Kier molecular flexibility index (Phi) is 3.27. The molecule has 0 aliphatic heterocycles. The Morgan fingerprint density at radius 1 is 0.833 bits per heavy atom. The number of hydrogen-bond acceptors (Lipinski definition) is 1. The van der Waals surface area contributed by atoms with Crippen LogP contribution in [0.5, 0.6) is 0 Å². The zero-order valence-electron chi connectivity index (χ0n) is 14.1. The van der Waals surface area contributed by atoms with Crippen LogP contribution in [0.15, 0.2) is 60.7 Å². The summed E-state index contributed by atoms with van der Waals surface area (Å²) in [5, 5.41) is 2.34. The monoisotopic (exact) mass is 313 g/mol. The van der Waals surface area contributed by atoms with Gasteiger partial charge in [0.05, 0.1) is 0 Å². The lowest BCUT2D eigenvalue weighted by Gasteiger charge is -2.05. The molecule has 0 spiro atoms. The molecule has 0 saturated heterocycles. The van der Waals surface area contributed by atoms with Crippen LogP contribution in [0.4, 0.5) is 0 Å². The second-order valence-electron chi connectivity index (χ2n) is 6.46. The van der Waals surface area contributed by atoms with Gasteiger partial charge in [0.15, 0.2) is 5.78 Å². The predicted molar refractivity (Wildman–Crippen MR) is 99.8 cm³/mol. The molecular weight excluding hydrogens is 294 g/mol. The molecule has 0 saturated carbocycles. The van der Waals surface area contributed by atoms with E-state index >= 15 is 0 Å². The Balaban J connectivity index is 1.95. The van der Waals surface area contributed by atoms with E-state index in [1.165, 1.54) is 16.5 Å². The second kappa shape index (κ2) is 5.34. The molecule has 0 amide bonds. The summed E-state index contributed by atoms with van der Waals surface area (Å²) >= 11 is 0. The fourth-order valence-corrected chi connectivity index (χ4v) is 3.46. The second-order valence-corrected chi connectivity index (χ2v) is 6.46. The number of hydrogen-bond donors (Lipinski definition) is 0. The molecule has 1 heterocycles. The SMILES string of the molecule is Cc1ccc2c(c1)c1cc(C(=O)c3ccccc3C)ccc1n2C. The molecule has 118 valence electrons. The number of carbonyl (C=O) groups excluding carboxylic acids is 1. The van der Waals surface area contributed by atoms with E-state index in [4.69, 9.17) is 0 Å². The highest BCUT2D eigenvalue weighted by Gasteiger charge is 2.14. The maximum atomic E-state index is 12.9. The van der Waals surface area contributed by atoms with Crippen LogP contribution < -0.4 is 0 Å². The quantitative estimate of drug-likeness (QED) is 0.467. The molecule has 3 aromatic carbocycles. The van der Waals surface area contributed by atoms with Crippen LogP contribution in [0, 0.1) is 13.8 Å². The van der Waals surface area contributed by atoms with E-state index in [9.17, 15) is 4.79 Å². The Bertz CT molecular complexity index is 1100. The van der Waals surface area contributed by atoms with Gasteiger partial charge in [-0.3, -0.25) is 4.79 Å². The zero-order valence-corrected chi connectivity index (χ0v) is 14.1. The highest BCUT2D eigenvalue weighted by molar-refractivity contribution is 6.15. The lowest BCUT2D eigenvalue weighted by atomic mass is 9.98. The van der Waals surface area contributed by atoms with E-state index in [-0.39, 0.29) is 5.78 Å². The first-order valence-electron chi connectivity index (χ1n) is 8.15. The summed E-state index contributed by atoms with van der Waals surface area (Å²) in [7, 11) is 2.07. The largest absolute Gasteiger partial charge is 0.344 e. The number of aromatic nitrogens is 1. The molecule has 24 heavy (non-hydrogen) atoms. The normalized spacial score (nSPS) is 11.3. The molecule has 0 N–H and O–H groups in total. The summed E-state index contributed by atoms with van der Waals surface area (Å²) in [5.74, 6) is 0.0830. The standard InChI is InChI=1S/C22H19NO/c1-14-8-10-20-18(12-14)19-13-16(9-11-21(19)23(20)3)22(24)17-7-5-4-6-15(17)2/h4-13H,1-3H3. The Labute approximate surface area is 141 Å². The van der Waals surface area contributed by atoms with Crippen molar-refractivity contribution in [2.45, 2.75) is 13.8 Å². The van der Waals surface area contributed by atoms with Gasteiger partial charge in [0.1, 0.15) is 0 Å². The van der Waals surface area contributed by atoms with Crippen molar-refractivity contribution in [1.29, 1.82) is 0 Å². The van der Waals surface area contributed by atoms with Gasteiger partial charge >= 0.3 is 0 Å². The molecule has 4 aromatic rings. The van der Waals surface area contributed by atoms with Gasteiger partial charge in [0.25, 0.3) is 0 Å². The lowest BCUT2D eigenvalue weighted by Crippen LogP contribution is -2.03. The average molecular weight is 313 g/mol. The number of benzene rings is 3. The predicted octanol–water partition coefficient (Wildman–Crippen LogP) is 5.18. The van der Waals surface area contributed by atoms with Crippen molar-refractivity contribution in [1.82, 2.24) is 4.57 Å². The van der Waals surface area contributed by atoms with E-state index in [0.717, 1.165) is 27.6 Å². The molecule has 0 bridgehead atoms. The van der Waals surface area contributed by atoms with Gasteiger partial charge in [-0.1, -0.05) is 35.9 Å². The van der Waals surface area contributed by atoms with Crippen molar-refractivity contribution in [2.75, 3.05) is 0 Å².